The van der Waals surface area contributed by atoms with Gasteiger partial charge in [0.2, 0.25) is 11.8 Å². The van der Waals surface area contributed by atoms with Gasteiger partial charge in [0.15, 0.2) is 0 Å². The zero-order valence-electron chi connectivity index (χ0n) is 14.0. The van der Waals surface area contributed by atoms with Crippen LogP contribution in [0.2, 0.25) is 0 Å². The molecule has 3 rings (SSSR count). The number of hydrogen-bond donors (Lipinski definition) is 2. The molecule has 1 saturated heterocycles. The molecule has 3 heterocycles. The number of piperidine rings is 1. The van der Waals surface area contributed by atoms with E-state index >= 15 is 0 Å². The maximum atomic E-state index is 12.3. The maximum Gasteiger partial charge on any atom is 0.223 e. The Hall–Kier alpha value is -1.11. The van der Waals surface area contributed by atoms with E-state index in [9.17, 15) is 9.59 Å². The minimum absolute atomic E-state index is 0. The smallest absolute Gasteiger partial charge is 0.223 e. The van der Waals surface area contributed by atoms with Gasteiger partial charge in [-0.15, -0.1) is 23.7 Å². The second kappa shape index (κ2) is 8.83. The molecule has 2 aliphatic heterocycles. The van der Waals surface area contributed by atoms with Gasteiger partial charge < -0.3 is 15.5 Å². The molecule has 5 nitrogen and oxygen atoms in total. The number of nitrogens with zero attached hydrogens (tertiary/aromatic N) is 1. The molecule has 0 radical (unpaired) electrons. The third kappa shape index (κ3) is 4.71. The van der Waals surface area contributed by atoms with Crippen molar-refractivity contribution in [3.8, 4) is 0 Å². The van der Waals surface area contributed by atoms with E-state index in [1.807, 2.05) is 4.90 Å². The minimum Gasteiger partial charge on any atom is -0.352 e. The molecule has 0 bridgehead atoms. The third-order valence-electron chi connectivity index (χ3n) is 4.83. The van der Waals surface area contributed by atoms with E-state index in [1.54, 1.807) is 11.3 Å². The van der Waals surface area contributed by atoms with Gasteiger partial charge in [-0.3, -0.25) is 9.59 Å². The van der Waals surface area contributed by atoms with Crippen LogP contribution in [0.3, 0.4) is 0 Å². The van der Waals surface area contributed by atoms with Crippen molar-refractivity contribution in [3.63, 3.8) is 0 Å². The van der Waals surface area contributed by atoms with Gasteiger partial charge in [-0.25, -0.2) is 0 Å². The van der Waals surface area contributed by atoms with Crippen molar-refractivity contribution in [2.45, 2.75) is 57.7 Å². The molecule has 2 amide bonds. The molecule has 1 fully saturated rings. The predicted octanol–water partition coefficient (Wildman–Crippen LogP) is 2.09. The average molecular weight is 372 g/mol. The second-order valence-corrected chi connectivity index (χ2v) is 7.49. The van der Waals surface area contributed by atoms with E-state index in [4.69, 9.17) is 0 Å². The zero-order chi connectivity index (χ0) is 16.2. The summed E-state index contributed by atoms with van der Waals surface area (Å²) in [5.41, 5.74) is 1.26. The predicted molar refractivity (Wildman–Crippen MR) is 98.6 cm³/mol. The number of carbonyl (C=O) groups is 2. The summed E-state index contributed by atoms with van der Waals surface area (Å²) in [7, 11) is 0. The number of thiophene rings is 1. The van der Waals surface area contributed by atoms with Crippen LogP contribution in [0.25, 0.3) is 0 Å². The summed E-state index contributed by atoms with van der Waals surface area (Å²) in [5.74, 6) is 0.0824. The molecule has 1 aromatic heterocycles. The van der Waals surface area contributed by atoms with Crippen LogP contribution in [0.5, 0.6) is 0 Å². The van der Waals surface area contributed by atoms with Gasteiger partial charge in [0.05, 0.1) is 0 Å². The first kappa shape index (κ1) is 19.2. The van der Waals surface area contributed by atoms with Gasteiger partial charge in [0.25, 0.3) is 0 Å². The van der Waals surface area contributed by atoms with Crippen LogP contribution in [0, 0.1) is 0 Å². The molecule has 2 unspecified atom stereocenters. The first-order valence-corrected chi connectivity index (χ1v) is 9.37. The van der Waals surface area contributed by atoms with Crippen molar-refractivity contribution in [1.82, 2.24) is 15.5 Å². The highest BCUT2D eigenvalue weighted by molar-refractivity contribution is 7.10. The van der Waals surface area contributed by atoms with E-state index in [2.05, 4.69) is 29.0 Å². The lowest BCUT2D eigenvalue weighted by Crippen LogP contribution is -2.52. The topological polar surface area (TPSA) is 61.4 Å². The highest BCUT2D eigenvalue weighted by atomic mass is 35.5. The highest BCUT2D eigenvalue weighted by Crippen LogP contribution is 2.24. The number of halogens is 1. The molecule has 0 spiro atoms. The molecule has 0 aliphatic carbocycles. The molecular formula is C17H26ClN3O2S. The third-order valence-corrected chi connectivity index (χ3v) is 5.86. The standard InChI is InChI=1S/C17H25N3O2S.ClH/c1-12-14(3-2-8-18-12)19-16(21)4-5-17(22)20-9-6-15-13(11-20)7-10-23-15;/h7,10,12,14,18H,2-6,8-9,11H2,1H3,(H,19,21);1H. The monoisotopic (exact) mass is 371 g/mol. The first-order chi connectivity index (χ1) is 11.1. The van der Waals surface area contributed by atoms with Gasteiger partial charge in [0.1, 0.15) is 0 Å². The van der Waals surface area contributed by atoms with Crippen LogP contribution >= 0.6 is 23.7 Å². The molecule has 0 aromatic carbocycles. The summed E-state index contributed by atoms with van der Waals surface area (Å²) in [6.45, 7) is 4.59. The van der Waals surface area contributed by atoms with Gasteiger partial charge >= 0.3 is 0 Å². The molecule has 24 heavy (non-hydrogen) atoms. The Balaban J connectivity index is 0.00000208. The number of amides is 2. The Bertz CT molecular complexity index is 578. The maximum absolute atomic E-state index is 12.3. The molecule has 2 N–H and O–H groups in total. The number of carbonyl (C=O) groups excluding carboxylic acids is 2. The van der Waals surface area contributed by atoms with Crippen molar-refractivity contribution in [2.24, 2.45) is 0 Å². The Morgan fingerprint density at radius 2 is 2.25 bits per heavy atom. The van der Waals surface area contributed by atoms with Gasteiger partial charge in [-0.2, -0.15) is 0 Å². The molecule has 134 valence electrons. The van der Waals surface area contributed by atoms with Gasteiger partial charge in [-0.05, 0) is 49.7 Å². The van der Waals surface area contributed by atoms with Crippen molar-refractivity contribution < 1.29 is 9.59 Å². The summed E-state index contributed by atoms with van der Waals surface area (Å²) in [6, 6.07) is 2.60. The van der Waals surface area contributed by atoms with Crippen LogP contribution in [-0.2, 0) is 22.6 Å². The normalized spacial score (nSPS) is 23.1. The van der Waals surface area contributed by atoms with E-state index in [0.717, 1.165) is 32.4 Å². The zero-order valence-corrected chi connectivity index (χ0v) is 15.7. The highest BCUT2D eigenvalue weighted by Gasteiger charge is 2.24. The van der Waals surface area contributed by atoms with Crippen LogP contribution in [-0.4, -0.2) is 41.9 Å². The van der Waals surface area contributed by atoms with Crippen LogP contribution in [0.15, 0.2) is 11.4 Å². The van der Waals surface area contributed by atoms with Gasteiger partial charge in [-0.1, -0.05) is 0 Å². The quantitative estimate of drug-likeness (QED) is 0.851. The molecule has 0 saturated carbocycles. The summed E-state index contributed by atoms with van der Waals surface area (Å²) in [5, 5.41) is 8.53. The number of rotatable bonds is 4. The summed E-state index contributed by atoms with van der Waals surface area (Å²) < 4.78 is 0. The first-order valence-electron chi connectivity index (χ1n) is 8.49. The SMILES string of the molecule is CC1NCCCC1NC(=O)CCC(=O)N1CCc2sccc2C1.Cl. The second-order valence-electron chi connectivity index (χ2n) is 6.49. The minimum atomic E-state index is -0.00729. The fourth-order valence-electron chi connectivity index (χ4n) is 3.36. The average Bonchev–Trinajstić information content (AvgIpc) is 3.02. The number of hydrogen-bond acceptors (Lipinski definition) is 4. The fourth-order valence-corrected chi connectivity index (χ4v) is 4.25. The van der Waals surface area contributed by atoms with E-state index in [-0.39, 0.29) is 36.7 Å². The van der Waals surface area contributed by atoms with E-state index < -0.39 is 0 Å². The molecule has 2 aliphatic rings. The Labute approximate surface area is 153 Å². The summed E-state index contributed by atoms with van der Waals surface area (Å²) >= 11 is 1.77. The summed E-state index contributed by atoms with van der Waals surface area (Å²) in [4.78, 5) is 27.7. The Morgan fingerprint density at radius 1 is 1.42 bits per heavy atom. The summed E-state index contributed by atoms with van der Waals surface area (Å²) in [6.07, 6.45) is 3.64. The number of nitrogens with one attached hydrogen (secondary N) is 2. The lowest BCUT2D eigenvalue weighted by Gasteiger charge is -2.31. The van der Waals surface area contributed by atoms with Crippen LogP contribution in [0.4, 0.5) is 0 Å². The lowest BCUT2D eigenvalue weighted by atomic mass is 9.99. The number of fused-ring (bicyclic) bond motifs is 1. The van der Waals surface area contributed by atoms with Crippen molar-refractivity contribution in [1.29, 1.82) is 0 Å². The van der Waals surface area contributed by atoms with E-state index in [0.29, 0.717) is 19.0 Å². The Kier molecular flexibility index (Phi) is 7.07. The largest absolute Gasteiger partial charge is 0.352 e. The van der Waals surface area contributed by atoms with Crippen LogP contribution < -0.4 is 10.6 Å². The molecule has 2 atom stereocenters. The molecule has 7 heteroatoms. The van der Waals surface area contributed by atoms with E-state index in [1.165, 1.54) is 10.4 Å². The lowest BCUT2D eigenvalue weighted by molar-refractivity contribution is -0.134. The van der Waals surface area contributed by atoms with Crippen molar-refractivity contribution in [2.75, 3.05) is 13.1 Å². The molecular weight excluding hydrogens is 346 g/mol. The van der Waals surface area contributed by atoms with Crippen molar-refractivity contribution >= 4 is 35.6 Å². The van der Waals surface area contributed by atoms with Crippen molar-refractivity contribution in [3.05, 3.63) is 21.9 Å². The molecule has 1 aromatic rings. The Morgan fingerprint density at radius 3 is 3.04 bits per heavy atom. The van der Waals surface area contributed by atoms with Crippen LogP contribution in [0.1, 0.15) is 43.0 Å². The fraction of sp³-hybridized carbons (Fsp3) is 0.647. The van der Waals surface area contributed by atoms with Gasteiger partial charge in [0, 0.05) is 42.9 Å².